The molecule has 0 saturated carbocycles. The molecule has 5 heteroatoms. The molecule has 3 nitrogen and oxygen atoms in total. The van der Waals surface area contributed by atoms with Crippen molar-refractivity contribution in [2.45, 2.75) is 4.90 Å². The van der Waals surface area contributed by atoms with Gasteiger partial charge in [0.25, 0.3) is 0 Å². The molecule has 2 aromatic rings. The van der Waals surface area contributed by atoms with Gasteiger partial charge in [-0.15, -0.1) is 9.63 Å². The lowest BCUT2D eigenvalue weighted by Crippen LogP contribution is -1.70. The molecule has 0 atom stereocenters. The molecule has 0 aliphatic carbocycles. The minimum Gasteiger partial charge on any atom is -0.192 e. The average molecular weight is 274 g/mol. The van der Waals surface area contributed by atoms with Gasteiger partial charge in [-0.25, -0.2) is 0 Å². The predicted octanol–water partition coefficient (Wildman–Crippen LogP) is 5.00. The second-order valence-corrected chi connectivity index (χ2v) is 4.64. The van der Waals surface area contributed by atoms with Gasteiger partial charge in [-0.1, -0.05) is 11.6 Å². The van der Waals surface area contributed by atoms with E-state index in [1.54, 1.807) is 36.4 Å². The molecule has 0 bridgehead atoms. The van der Waals surface area contributed by atoms with Crippen LogP contribution in [0, 0.1) is 11.3 Å². The molecule has 0 radical (unpaired) electrons. The molecule has 0 N–H and O–H groups in total. The standard InChI is InChI=1S/C13H8ClN3S/c14-11-3-7-13(8-4-11)18-17-16-12-5-1-10(9-15)2-6-12/h1-8H. The Morgan fingerprint density at radius 2 is 1.67 bits per heavy atom. The third-order valence-corrected chi connectivity index (χ3v) is 3.01. The van der Waals surface area contributed by atoms with Gasteiger partial charge >= 0.3 is 0 Å². The second kappa shape index (κ2) is 6.20. The molecule has 0 aliphatic heterocycles. The minimum absolute atomic E-state index is 0.610. The largest absolute Gasteiger partial charge is 0.192 e. The third kappa shape index (κ3) is 3.59. The van der Waals surface area contributed by atoms with Crippen LogP contribution >= 0.6 is 23.5 Å². The van der Waals surface area contributed by atoms with Crippen LogP contribution in [0.25, 0.3) is 0 Å². The van der Waals surface area contributed by atoms with Gasteiger partial charge in [-0.3, -0.25) is 0 Å². The first-order valence-corrected chi connectivity index (χ1v) is 6.27. The summed E-state index contributed by atoms with van der Waals surface area (Å²) in [5.74, 6) is 0. The number of halogens is 1. The van der Waals surface area contributed by atoms with Crippen molar-refractivity contribution in [2.75, 3.05) is 0 Å². The Morgan fingerprint density at radius 3 is 2.28 bits per heavy atom. The average Bonchev–Trinajstić information content (AvgIpc) is 2.42. The fourth-order valence-corrected chi connectivity index (χ4v) is 1.83. The molecule has 0 spiro atoms. The fraction of sp³-hybridized carbons (Fsp3) is 0. The monoisotopic (exact) mass is 273 g/mol. The van der Waals surface area contributed by atoms with E-state index in [2.05, 4.69) is 15.7 Å². The lowest BCUT2D eigenvalue weighted by atomic mass is 10.2. The van der Waals surface area contributed by atoms with Crippen LogP contribution in [-0.4, -0.2) is 0 Å². The zero-order valence-electron chi connectivity index (χ0n) is 9.25. The molecule has 0 unspecified atom stereocenters. The summed E-state index contributed by atoms with van der Waals surface area (Å²) in [7, 11) is 0. The molecule has 0 amide bonds. The summed E-state index contributed by atoms with van der Waals surface area (Å²) in [6.07, 6.45) is 0. The highest BCUT2D eigenvalue weighted by Gasteiger charge is 1.94. The zero-order valence-corrected chi connectivity index (χ0v) is 10.8. The molecule has 2 rings (SSSR count). The van der Waals surface area contributed by atoms with Gasteiger partial charge < -0.3 is 0 Å². The SMILES string of the molecule is N#Cc1ccc(N=NSc2ccc(Cl)cc2)cc1. The Labute approximate surface area is 114 Å². The predicted molar refractivity (Wildman–Crippen MR) is 73.0 cm³/mol. The number of rotatable bonds is 3. The summed E-state index contributed by atoms with van der Waals surface area (Å²) in [5.41, 5.74) is 1.33. The van der Waals surface area contributed by atoms with Gasteiger partial charge in [0.2, 0.25) is 0 Å². The summed E-state index contributed by atoms with van der Waals surface area (Å²) in [4.78, 5) is 0.969. The van der Waals surface area contributed by atoms with Crippen molar-refractivity contribution in [3.05, 3.63) is 59.1 Å². The van der Waals surface area contributed by atoms with Gasteiger partial charge in [0.1, 0.15) is 0 Å². The number of benzene rings is 2. The quantitative estimate of drug-likeness (QED) is 0.583. The molecule has 0 saturated heterocycles. The van der Waals surface area contributed by atoms with Gasteiger partial charge in [-0.2, -0.15) is 5.26 Å². The van der Waals surface area contributed by atoms with Gasteiger partial charge in [0.15, 0.2) is 0 Å². The lowest BCUT2D eigenvalue weighted by molar-refractivity contribution is 1.32. The topological polar surface area (TPSA) is 48.5 Å². The van der Waals surface area contributed by atoms with Crippen molar-refractivity contribution in [2.24, 2.45) is 9.63 Å². The van der Waals surface area contributed by atoms with E-state index in [0.717, 1.165) is 10.6 Å². The van der Waals surface area contributed by atoms with Crippen LogP contribution < -0.4 is 0 Å². The molecule has 0 aromatic heterocycles. The van der Waals surface area contributed by atoms with E-state index in [1.807, 2.05) is 12.1 Å². The Bertz CT molecular complexity index is 585. The van der Waals surface area contributed by atoms with Crippen LogP contribution in [-0.2, 0) is 0 Å². The summed E-state index contributed by atoms with van der Waals surface area (Å²) >= 11 is 7.05. The smallest absolute Gasteiger partial charge is 0.0991 e. The Kier molecular flexibility index (Phi) is 4.35. The van der Waals surface area contributed by atoms with E-state index in [9.17, 15) is 0 Å². The van der Waals surface area contributed by atoms with E-state index in [-0.39, 0.29) is 0 Å². The van der Waals surface area contributed by atoms with Crippen LogP contribution in [0.4, 0.5) is 5.69 Å². The first kappa shape index (κ1) is 12.6. The second-order valence-electron chi connectivity index (χ2n) is 3.39. The van der Waals surface area contributed by atoms with Gasteiger partial charge in [-0.05, 0) is 48.5 Å². The summed E-state index contributed by atoms with van der Waals surface area (Å²) < 4.78 is 4.01. The van der Waals surface area contributed by atoms with E-state index in [1.165, 1.54) is 11.9 Å². The molecule has 0 fully saturated rings. The van der Waals surface area contributed by atoms with Gasteiger partial charge in [0, 0.05) is 21.9 Å². The highest BCUT2D eigenvalue weighted by molar-refractivity contribution is 7.97. The van der Waals surface area contributed by atoms with Crippen LogP contribution in [0.3, 0.4) is 0 Å². The lowest BCUT2D eigenvalue weighted by Gasteiger charge is -1.94. The van der Waals surface area contributed by atoms with E-state index < -0.39 is 0 Å². The first-order chi connectivity index (χ1) is 8.78. The Hall–Kier alpha value is -1.83. The molecule has 88 valence electrons. The summed E-state index contributed by atoms with van der Waals surface area (Å²) in [6.45, 7) is 0. The minimum atomic E-state index is 0.610. The highest BCUT2D eigenvalue weighted by Crippen LogP contribution is 2.23. The van der Waals surface area contributed by atoms with Crippen molar-refractivity contribution in [3.63, 3.8) is 0 Å². The normalized spacial score (nSPS) is 10.4. The number of nitrogens with zero attached hydrogens (tertiary/aromatic N) is 3. The van der Waals surface area contributed by atoms with Crippen LogP contribution in [0.1, 0.15) is 5.56 Å². The summed E-state index contributed by atoms with van der Waals surface area (Å²) in [5, 5.41) is 13.4. The molecule has 18 heavy (non-hydrogen) atoms. The number of hydrogen-bond acceptors (Lipinski definition) is 4. The molecular formula is C13H8ClN3S. The Balaban J connectivity index is 1.98. The van der Waals surface area contributed by atoms with E-state index >= 15 is 0 Å². The fourth-order valence-electron chi connectivity index (χ4n) is 1.21. The van der Waals surface area contributed by atoms with Crippen LogP contribution in [0.5, 0.6) is 0 Å². The zero-order chi connectivity index (χ0) is 12.8. The first-order valence-electron chi connectivity index (χ1n) is 5.12. The van der Waals surface area contributed by atoms with Crippen molar-refractivity contribution < 1.29 is 0 Å². The van der Waals surface area contributed by atoms with Gasteiger partial charge in [0.05, 0.1) is 17.3 Å². The third-order valence-electron chi connectivity index (χ3n) is 2.11. The maximum Gasteiger partial charge on any atom is 0.0991 e. The number of hydrogen-bond donors (Lipinski definition) is 0. The van der Waals surface area contributed by atoms with E-state index in [4.69, 9.17) is 16.9 Å². The molecular weight excluding hydrogens is 266 g/mol. The van der Waals surface area contributed by atoms with Crippen molar-refractivity contribution in [1.29, 1.82) is 5.26 Å². The highest BCUT2D eigenvalue weighted by atomic mass is 35.5. The maximum absolute atomic E-state index is 8.66. The van der Waals surface area contributed by atoms with Crippen LogP contribution in [0.15, 0.2) is 63.1 Å². The molecule has 0 heterocycles. The summed E-state index contributed by atoms with van der Waals surface area (Å²) in [6, 6.07) is 16.4. The maximum atomic E-state index is 8.66. The Morgan fingerprint density at radius 1 is 1.00 bits per heavy atom. The van der Waals surface area contributed by atoms with Crippen LogP contribution in [0.2, 0.25) is 5.02 Å². The van der Waals surface area contributed by atoms with E-state index in [0.29, 0.717) is 10.6 Å². The number of nitriles is 1. The van der Waals surface area contributed by atoms with Crippen molar-refractivity contribution >= 4 is 29.2 Å². The molecule has 2 aromatic carbocycles. The molecule has 0 aliphatic rings. The van der Waals surface area contributed by atoms with Crippen molar-refractivity contribution in [1.82, 2.24) is 0 Å². The van der Waals surface area contributed by atoms with Crippen molar-refractivity contribution in [3.8, 4) is 6.07 Å².